The van der Waals surface area contributed by atoms with Crippen LogP contribution in [-0.4, -0.2) is 7.85 Å². The standard InChI is InChI=1S/C18H13BO/c19-14-7-9-18-16(11-14)15-10-13(6-8-17(15)20-18)12-4-2-1-3-5-12/h1-11H,19H2. The van der Waals surface area contributed by atoms with Crippen LogP contribution >= 0.6 is 0 Å². The minimum Gasteiger partial charge on any atom is -0.456 e. The van der Waals surface area contributed by atoms with Gasteiger partial charge in [-0.3, -0.25) is 0 Å². The van der Waals surface area contributed by atoms with Crippen molar-refractivity contribution in [2.24, 2.45) is 0 Å². The summed E-state index contributed by atoms with van der Waals surface area (Å²) in [5.74, 6) is 0. The van der Waals surface area contributed by atoms with Gasteiger partial charge in [0.1, 0.15) is 19.0 Å². The molecule has 94 valence electrons. The van der Waals surface area contributed by atoms with Gasteiger partial charge in [-0.05, 0) is 29.3 Å². The molecule has 0 fully saturated rings. The largest absolute Gasteiger partial charge is 0.456 e. The van der Waals surface area contributed by atoms with Crippen LogP contribution in [0.2, 0.25) is 0 Å². The summed E-state index contributed by atoms with van der Waals surface area (Å²) >= 11 is 0. The lowest BCUT2D eigenvalue weighted by Crippen LogP contribution is -1.98. The predicted molar refractivity (Wildman–Crippen MR) is 87.3 cm³/mol. The van der Waals surface area contributed by atoms with Gasteiger partial charge in [-0.15, -0.1) is 0 Å². The van der Waals surface area contributed by atoms with Gasteiger partial charge in [0, 0.05) is 10.8 Å². The number of furan rings is 1. The molecule has 0 N–H and O–H groups in total. The highest BCUT2D eigenvalue weighted by Crippen LogP contribution is 2.31. The highest BCUT2D eigenvalue weighted by molar-refractivity contribution is 6.33. The van der Waals surface area contributed by atoms with Crippen LogP contribution in [0.1, 0.15) is 0 Å². The summed E-state index contributed by atoms with van der Waals surface area (Å²) in [6.45, 7) is 0. The van der Waals surface area contributed by atoms with Gasteiger partial charge in [-0.2, -0.15) is 0 Å². The molecule has 20 heavy (non-hydrogen) atoms. The molecule has 4 rings (SSSR count). The van der Waals surface area contributed by atoms with Crippen molar-refractivity contribution in [1.29, 1.82) is 0 Å². The predicted octanol–water partition coefficient (Wildman–Crippen LogP) is 3.51. The highest BCUT2D eigenvalue weighted by atomic mass is 16.3. The average Bonchev–Trinajstić information content (AvgIpc) is 2.85. The minimum atomic E-state index is 0.949. The third-order valence-electron chi connectivity index (χ3n) is 3.73. The highest BCUT2D eigenvalue weighted by Gasteiger charge is 2.08. The van der Waals surface area contributed by atoms with Crippen molar-refractivity contribution in [2.75, 3.05) is 0 Å². The van der Waals surface area contributed by atoms with E-state index in [2.05, 4.69) is 62.4 Å². The molecule has 0 atom stereocenters. The van der Waals surface area contributed by atoms with Gasteiger partial charge in [-0.1, -0.05) is 54.0 Å². The van der Waals surface area contributed by atoms with Crippen molar-refractivity contribution in [3.63, 3.8) is 0 Å². The van der Waals surface area contributed by atoms with Crippen LogP contribution < -0.4 is 5.46 Å². The Labute approximate surface area is 118 Å². The first-order valence-electron chi connectivity index (χ1n) is 6.79. The van der Waals surface area contributed by atoms with E-state index in [0.29, 0.717) is 0 Å². The molecule has 3 aromatic carbocycles. The number of rotatable bonds is 1. The molecule has 0 saturated carbocycles. The van der Waals surface area contributed by atoms with Crippen molar-refractivity contribution in [1.82, 2.24) is 0 Å². The summed E-state index contributed by atoms with van der Waals surface area (Å²) in [6.07, 6.45) is 0. The van der Waals surface area contributed by atoms with Crippen molar-refractivity contribution in [2.45, 2.75) is 0 Å². The Morgan fingerprint density at radius 2 is 1.35 bits per heavy atom. The molecule has 1 aromatic heterocycles. The Bertz CT molecular complexity index is 907. The molecule has 0 bridgehead atoms. The van der Waals surface area contributed by atoms with E-state index in [1.807, 2.05) is 12.1 Å². The molecule has 0 radical (unpaired) electrons. The fourth-order valence-corrected chi connectivity index (χ4v) is 2.70. The zero-order valence-electron chi connectivity index (χ0n) is 11.3. The van der Waals surface area contributed by atoms with Crippen molar-refractivity contribution >= 4 is 35.2 Å². The van der Waals surface area contributed by atoms with E-state index in [0.717, 1.165) is 11.2 Å². The van der Waals surface area contributed by atoms with Gasteiger partial charge in [0.05, 0.1) is 0 Å². The number of hydrogen-bond donors (Lipinski definition) is 0. The summed E-state index contributed by atoms with van der Waals surface area (Å²) in [7, 11) is 2.11. The Balaban J connectivity index is 2.03. The second-order valence-electron chi connectivity index (χ2n) is 5.18. The lowest BCUT2D eigenvalue weighted by molar-refractivity contribution is 0.669. The summed E-state index contributed by atoms with van der Waals surface area (Å²) < 4.78 is 5.90. The van der Waals surface area contributed by atoms with Crippen LogP contribution in [-0.2, 0) is 0 Å². The lowest BCUT2D eigenvalue weighted by Gasteiger charge is -2.01. The molecular formula is C18H13BO. The van der Waals surface area contributed by atoms with Crippen molar-refractivity contribution < 1.29 is 4.42 Å². The number of benzene rings is 3. The van der Waals surface area contributed by atoms with Gasteiger partial charge in [0.15, 0.2) is 0 Å². The first-order valence-corrected chi connectivity index (χ1v) is 6.79. The normalized spacial score (nSPS) is 11.2. The van der Waals surface area contributed by atoms with Crippen LogP contribution in [0.15, 0.2) is 71.1 Å². The maximum Gasteiger partial charge on any atom is 0.139 e. The van der Waals surface area contributed by atoms with E-state index in [1.165, 1.54) is 27.4 Å². The molecule has 2 heteroatoms. The van der Waals surface area contributed by atoms with Gasteiger partial charge in [0.25, 0.3) is 0 Å². The fraction of sp³-hybridized carbons (Fsp3) is 0. The zero-order chi connectivity index (χ0) is 13.5. The van der Waals surface area contributed by atoms with Gasteiger partial charge < -0.3 is 4.42 Å². The molecule has 1 heterocycles. The molecule has 4 aromatic rings. The van der Waals surface area contributed by atoms with Gasteiger partial charge in [0.2, 0.25) is 0 Å². The van der Waals surface area contributed by atoms with E-state index in [1.54, 1.807) is 0 Å². The molecule has 0 aliphatic heterocycles. The lowest BCUT2D eigenvalue weighted by atomic mass is 9.94. The average molecular weight is 256 g/mol. The quantitative estimate of drug-likeness (QED) is 0.475. The van der Waals surface area contributed by atoms with Gasteiger partial charge >= 0.3 is 0 Å². The SMILES string of the molecule is Bc1ccc2oc3ccc(-c4ccccc4)cc3c2c1. The van der Waals surface area contributed by atoms with E-state index in [4.69, 9.17) is 4.42 Å². The first-order chi connectivity index (χ1) is 9.81. The fourth-order valence-electron chi connectivity index (χ4n) is 2.70. The summed E-state index contributed by atoms with van der Waals surface area (Å²) in [4.78, 5) is 0. The second-order valence-corrected chi connectivity index (χ2v) is 5.18. The molecule has 0 aliphatic carbocycles. The number of hydrogen-bond acceptors (Lipinski definition) is 1. The van der Waals surface area contributed by atoms with Crippen LogP contribution in [0.3, 0.4) is 0 Å². The Morgan fingerprint density at radius 1 is 0.650 bits per heavy atom. The topological polar surface area (TPSA) is 13.1 Å². The minimum absolute atomic E-state index is 0.949. The summed E-state index contributed by atoms with van der Waals surface area (Å²) in [5, 5.41) is 2.38. The van der Waals surface area contributed by atoms with Crippen molar-refractivity contribution in [3.8, 4) is 11.1 Å². The van der Waals surface area contributed by atoms with E-state index < -0.39 is 0 Å². The maximum atomic E-state index is 5.90. The smallest absolute Gasteiger partial charge is 0.139 e. The van der Waals surface area contributed by atoms with Crippen LogP contribution in [0.4, 0.5) is 0 Å². The Hall–Kier alpha value is -2.48. The molecule has 1 nitrogen and oxygen atoms in total. The zero-order valence-corrected chi connectivity index (χ0v) is 11.3. The summed E-state index contributed by atoms with van der Waals surface area (Å²) in [6, 6.07) is 23.2. The third kappa shape index (κ3) is 1.73. The second kappa shape index (κ2) is 4.27. The van der Waals surface area contributed by atoms with Crippen LogP contribution in [0.5, 0.6) is 0 Å². The van der Waals surface area contributed by atoms with Crippen LogP contribution in [0.25, 0.3) is 33.1 Å². The van der Waals surface area contributed by atoms with Crippen LogP contribution in [0, 0.1) is 0 Å². The molecule has 0 amide bonds. The van der Waals surface area contributed by atoms with E-state index >= 15 is 0 Å². The first kappa shape index (κ1) is 11.4. The molecule has 0 spiro atoms. The Kier molecular flexibility index (Phi) is 2.43. The van der Waals surface area contributed by atoms with E-state index in [-0.39, 0.29) is 0 Å². The maximum absolute atomic E-state index is 5.90. The molecule has 0 saturated heterocycles. The molecular weight excluding hydrogens is 243 g/mol. The number of fused-ring (bicyclic) bond motifs is 3. The van der Waals surface area contributed by atoms with Gasteiger partial charge in [-0.25, -0.2) is 0 Å². The molecule has 0 aliphatic rings. The molecule has 0 unspecified atom stereocenters. The Morgan fingerprint density at radius 3 is 2.15 bits per heavy atom. The summed E-state index contributed by atoms with van der Waals surface area (Å²) in [5.41, 5.74) is 5.62. The van der Waals surface area contributed by atoms with Crippen molar-refractivity contribution in [3.05, 3.63) is 66.7 Å². The third-order valence-corrected chi connectivity index (χ3v) is 3.73. The monoisotopic (exact) mass is 256 g/mol. The van der Waals surface area contributed by atoms with E-state index in [9.17, 15) is 0 Å².